The maximum atomic E-state index is 10.0. The highest BCUT2D eigenvalue weighted by atomic mass is 16.3. The van der Waals surface area contributed by atoms with Crippen molar-refractivity contribution < 1.29 is 5.11 Å². The van der Waals surface area contributed by atoms with Crippen LogP contribution in [0.25, 0.3) is 0 Å². The smallest absolute Gasteiger partial charge is 0.123 e. The molecular formula is C11H11N3O. The lowest BCUT2D eigenvalue weighted by Gasteiger charge is -2.11. The molecular weight excluding hydrogens is 190 g/mol. The first kappa shape index (κ1) is 9.73. The van der Waals surface area contributed by atoms with E-state index in [1.807, 2.05) is 6.92 Å². The number of rotatable bonds is 2. The normalized spacial score (nSPS) is 12.4. The Balaban J connectivity index is 2.37. The predicted octanol–water partition coefficient (Wildman–Crippen LogP) is 1.26. The third-order valence-corrected chi connectivity index (χ3v) is 2.22. The van der Waals surface area contributed by atoms with Gasteiger partial charge in [0.05, 0.1) is 11.9 Å². The van der Waals surface area contributed by atoms with Crippen LogP contribution < -0.4 is 0 Å². The monoisotopic (exact) mass is 201 g/mol. The molecule has 0 aliphatic rings. The van der Waals surface area contributed by atoms with Gasteiger partial charge in [0.2, 0.25) is 0 Å². The molecule has 2 aromatic heterocycles. The average molecular weight is 201 g/mol. The summed E-state index contributed by atoms with van der Waals surface area (Å²) < 4.78 is 0. The molecule has 2 aromatic rings. The summed E-state index contributed by atoms with van der Waals surface area (Å²) in [5, 5.41) is 10.0. The summed E-state index contributed by atoms with van der Waals surface area (Å²) >= 11 is 0. The molecule has 0 fully saturated rings. The molecule has 0 spiro atoms. The highest BCUT2D eigenvalue weighted by Crippen LogP contribution is 2.21. The van der Waals surface area contributed by atoms with Crippen molar-refractivity contribution in [1.29, 1.82) is 0 Å². The Morgan fingerprint density at radius 1 is 1.13 bits per heavy atom. The standard InChI is InChI=1S/C11H11N3O/c1-8-6-12-3-2-9(8)11(15)10-7-13-4-5-14-10/h2-7,11,15H,1H3. The maximum Gasteiger partial charge on any atom is 0.123 e. The average Bonchev–Trinajstić information content (AvgIpc) is 2.30. The fraction of sp³-hybridized carbons (Fsp3) is 0.182. The molecule has 4 nitrogen and oxygen atoms in total. The van der Waals surface area contributed by atoms with Crippen LogP contribution in [0.5, 0.6) is 0 Å². The second-order valence-corrected chi connectivity index (χ2v) is 3.27. The molecule has 2 rings (SSSR count). The highest BCUT2D eigenvalue weighted by Gasteiger charge is 2.13. The third kappa shape index (κ3) is 1.99. The van der Waals surface area contributed by atoms with Gasteiger partial charge in [-0.25, -0.2) is 0 Å². The summed E-state index contributed by atoms with van der Waals surface area (Å²) in [6.45, 7) is 1.90. The minimum atomic E-state index is -0.735. The van der Waals surface area contributed by atoms with Gasteiger partial charge >= 0.3 is 0 Å². The molecule has 0 radical (unpaired) electrons. The Bertz CT molecular complexity index is 445. The molecule has 76 valence electrons. The van der Waals surface area contributed by atoms with E-state index >= 15 is 0 Å². The fourth-order valence-corrected chi connectivity index (χ4v) is 1.40. The number of aliphatic hydroxyl groups is 1. The zero-order valence-corrected chi connectivity index (χ0v) is 8.33. The van der Waals surface area contributed by atoms with Crippen molar-refractivity contribution in [2.24, 2.45) is 0 Å². The Hall–Kier alpha value is -1.81. The molecule has 0 amide bonds. The van der Waals surface area contributed by atoms with Crippen LogP contribution in [0.15, 0.2) is 37.1 Å². The molecule has 1 unspecified atom stereocenters. The third-order valence-electron chi connectivity index (χ3n) is 2.22. The van der Waals surface area contributed by atoms with Gasteiger partial charge in [-0.2, -0.15) is 0 Å². The summed E-state index contributed by atoms with van der Waals surface area (Å²) in [4.78, 5) is 12.0. The zero-order chi connectivity index (χ0) is 10.7. The van der Waals surface area contributed by atoms with E-state index in [0.717, 1.165) is 11.1 Å². The molecule has 0 saturated carbocycles. The van der Waals surface area contributed by atoms with Crippen LogP contribution in [0.2, 0.25) is 0 Å². The minimum absolute atomic E-state index is 0.548. The predicted molar refractivity (Wildman–Crippen MR) is 55.1 cm³/mol. The SMILES string of the molecule is Cc1cnccc1C(O)c1cnccn1. The van der Waals surface area contributed by atoms with Crippen LogP contribution in [-0.2, 0) is 0 Å². The van der Waals surface area contributed by atoms with Crippen LogP contribution in [0, 0.1) is 6.92 Å². The summed E-state index contributed by atoms with van der Waals surface area (Å²) in [5.74, 6) is 0. The lowest BCUT2D eigenvalue weighted by Crippen LogP contribution is -2.04. The number of aliphatic hydroxyl groups excluding tert-OH is 1. The first-order valence-electron chi connectivity index (χ1n) is 4.63. The van der Waals surface area contributed by atoms with Crippen molar-refractivity contribution in [2.45, 2.75) is 13.0 Å². The van der Waals surface area contributed by atoms with Gasteiger partial charge in [-0.15, -0.1) is 0 Å². The van der Waals surface area contributed by atoms with Crippen molar-refractivity contribution in [3.63, 3.8) is 0 Å². The maximum absolute atomic E-state index is 10.0. The molecule has 0 aromatic carbocycles. The lowest BCUT2D eigenvalue weighted by atomic mass is 10.0. The summed E-state index contributed by atoms with van der Waals surface area (Å²) in [5.41, 5.74) is 2.30. The van der Waals surface area contributed by atoms with Crippen molar-refractivity contribution in [3.8, 4) is 0 Å². The minimum Gasteiger partial charge on any atom is -0.382 e. The molecule has 4 heteroatoms. The number of nitrogens with zero attached hydrogens (tertiary/aromatic N) is 3. The second-order valence-electron chi connectivity index (χ2n) is 3.27. The number of aromatic nitrogens is 3. The largest absolute Gasteiger partial charge is 0.382 e. The van der Waals surface area contributed by atoms with E-state index in [-0.39, 0.29) is 0 Å². The van der Waals surface area contributed by atoms with Gasteiger partial charge < -0.3 is 5.11 Å². The topological polar surface area (TPSA) is 58.9 Å². The van der Waals surface area contributed by atoms with Crippen LogP contribution >= 0.6 is 0 Å². The zero-order valence-electron chi connectivity index (χ0n) is 8.33. The Labute approximate surface area is 87.7 Å². The van der Waals surface area contributed by atoms with Crippen LogP contribution in [0.3, 0.4) is 0 Å². The molecule has 15 heavy (non-hydrogen) atoms. The van der Waals surface area contributed by atoms with E-state index in [4.69, 9.17) is 0 Å². The number of hydrogen-bond acceptors (Lipinski definition) is 4. The van der Waals surface area contributed by atoms with Gasteiger partial charge in [0.1, 0.15) is 6.10 Å². The number of aryl methyl sites for hydroxylation is 1. The van der Waals surface area contributed by atoms with E-state index in [0.29, 0.717) is 5.69 Å². The lowest BCUT2D eigenvalue weighted by molar-refractivity contribution is 0.214. The Morgan fingerprint density at radius 3 is 2.60 bits per heavy atom. The van der Waals surface area contributed by atoms with E-state index in [9.17, 15) is 5.11 Å². The van der Waals surface area contributed by atoms with Gasteiger partial charge in [0.25, 0.3) is 0 Å². The van der Waals surface area contributed by atoms with Crippen molar-refractivity contribution in [1.82, 2.24) is 15.0 Å². The first-order chi connectivity index (χ1) is 7.29. The highest BCUT2D eigenvalue weighted by molar-refractivity contribution is 5.29. The Morgan fingerprint density at radius 2 is 1.93 bits per heavy atom. The van der Waals surface area contributed by atoms with Crippen LogP contribution in [-0.4, -0.2) is 20.1 Å². The molecule has 0 saturated heterocycles. The van der Waals surface area contributed by atoms with Crippen molar-refractivity contribution in [2.75, 3.05) is 0 Å². The molecule has 1 N–H and O–H groups in total. The molecule has 2 heterocycles. The number of pyridine rings is 1. The van der Waals surface area contributed by atoms with Crippen LogP contribution in [0.4, 0.5) is 0 Å². The quantitative estimate of drug-likeness (QED) is 0.794. The van der Waals surface area contributed by atoms with Crippen molar-refractivity contribution >= 4 is 0 Å². The van der Waals surface area contributed by atoms with Crippen molar-refractivity contribution in [3.05, 3.63) is 53.9 Å². The molecule has 0 aliphatic carbocycles. The number of hydrogen-bond donors (Lipinski definition) is 1. The van der Waals surface area contributed by atoms with E-state index in [1.165, 1.54) is 0 Å². The summed E-state index contributed by atoms with van der Waals surface area (Å²) in [6.07, 6.45) is 7.34. The van der Waals surface area contributed by atoms with Crippen LogP contribution in [0.1, 0.15) is 22.9 Å². The van der Waals surface area contributed by atoms with Gasteiger partial charge in [0.15, 0.2) is 0 Å². The first-order valence-corrected chi connectivity index (χ1v) is 4.63. The van der Waals surface area contributed by atoms with E-state index in [1.54, 1.807) is 37.1 Å². The van der Waals surface area contributed by atoms with Gasteiger partial charge in [-0.1, -0.05) is 0 Å². The molecule has 0 bridgehead atoms. The van der Waals surface area contributed by atoms with Gasteiger partial charge in [-0.3, -0.25) is 15.0 Å². The van der Waals surface area contributed by atoms with Gasteiger partial charge in [0, 0.05) is 24.8 Å². The summed E-state index contributed by atoms with van der Waals surface area (Å²) in [7, 11) is 0. The van der Waals surface area contributed by atoms with E-state index in [2.05, 4.69) is 15.0 Å². The summed E-state index contributed by atoms with van der Waals surface area (Å²) in [6, 6.07) is 1.79. The molecule has 0 aliphatic heterocycles. The van der Waals surface area contributed by atoms with Gasteiger partial charge in [-0.05, 0) is 24.1 Å². The fourth-order valence-electron chi connectivity index (χ4n) is 1.40. The molecule has 1 atom stereocenters. The Kier molecular flexibility index (Phi) is 2.69. The van der Waals surface area contributed by atoms with E-state index < -0.39 is 6.10 Å². The second kappa shape index (κ2) is 4.14.